The molecule has 0 saturated carbocycles. The van der Waals surface area contributed by atoms with Gasteiger partial charge in [-0.1, -0.05) is 41.6 Å². The Morgan fingerprint density at radius 3 is 2.48 bits per heavy atom. The molecule has 1 fully saturated rings. The van der Waals surface area contributed by atoms with Gasteiger partial charge in [-0.15, -0.1) is 0 Å². The zero-order valence-electron chi connectivity index (χ0n) is 16.8. The van der Waals surface area contributed by atoms with Crippen molar-refractivity contribution in [2.45, 2.75) is 5.16 Å². The number of hydrogen-bond acceptors (Lipinski definition) is 6. The number of nitro groups is 1. The normalized spacial score (nSPS) is 14.0. The number of benzene rings is 2. The molecule has 0 aliphatic carbocycles. The number of carbonyl (C=O) groups is 1. The van der Waals surface area contributed by atoms with Crippen molar-refractivity contribution in [1.82, 2.24) is 14.5 Å². The molecule has 1 saturated heterocycles. The highest BCUT2D eigenvalue weighted by Gasteiger charge is 2.28. The van der Waals surface area contributed by atoms with E-state index in [9.17, 15) is 14.9 Å². The number of thioether (sulfide) groups is 1. The first-order valence-corrected chi connectivity index (χ1v) is 11.2. The van der Waals surface area contributed by atoms with Crippen molar-refractivity contribution in [3.8, 4) is 5.69 Å². The van der Waals surface area contributed by atoms with E-state index in [1.165, 1.54) is 17.8 Å². The van der Waals surface area contributed by atoms with Gasteiger partial charge in [-0.25, -0.2) is 4.98 Å². The van der Waals surface area contributed by atoms with Crippen LogP contribution in [0.2, 0.25) is 5.02 Å². The van der Waals surface area contributed by atoms with E-state index < -0.39 is 4.92 Å². The molecule has 0 radical (unpaired) electrons. The number of nitro benzene ring substituents is 1. The number of hydrogen-bond donors (Lipinski definition) is 0. The smallest absolute Gasteiger partial charge is 0.294 e. The molecule has 0 unspecified atom stereocenters. The molecule has 0 atom stereocenters. The van der Waals surface area contributed by atoms with Crippen molar-refractivity contribution in [3.05, 3.63) is 75.6 Å². The first kappa shape index (κ1) is 21.2. The molecule has 10 heteroatoms. The lowest BCUT2D eigenvalue weighted by Crippen LogP contribution is -2.49. The zero-order chi connectivity index (χ0) is 22.0. The summed E-state index contributed by atoms with van der Waals surface area (Å²) >= 11 is 7.40. The summed E-state index contributed by atoms with van der Waals surface area (Å²) < 4.78 is 1.86. The molecule has 31 heavy (non-hydrogen) atoms. The molecule has 1 amide bonds. The molecule has 3 aromatic rings. The second-order valence-corrected chi connectivity index (χ2v) is 8.18. The van der Waals surface area contributed by atoms with Gasteiger partial charge in [0.15, 0.2) is 5.16 Å². The lowest BCUT2D eigenvalue weighted by molar-refractivity contribution is -0.384. The highest BCUT2D eigenvalue weighted by Crippen LogP contribution is 2.32. The Bertz CT molecular complexity index is 1110. The molecule has 1 aromatic heterocycles. The van der Waals surface area contributed by atoms with E-state index in [1.807, 2.05) is 46.1 Å². The maximum absolute atomic E-state index is 13.3. The van der Waals surface area contributed by atoms with Crippen LogP contribution in [0.25, 0.3) is 5.69 Å². The Hall–Kier alpha value is -3.04. The van der Waals surface area contributed by atoms with Crippen molar-refractivity contribution in [3.63, 3.8) is 0 Å². The second kappa shape index (κ2) is 8.99. The van der Waals surface area contributed by atoms with Crippen molar-refractivity contribution >= 4 is 40.6 Å². The van der Waals surface area contributed by atoms with Crippen molar-refractivity contribution in [1.29, 1.82) is 0 Å². The summed E-state index contributed by atoms with van der Waals surface area (Å²) in [6.45, 7) is 1.88. The van der Waals surface area contributed by atoms with Crippen LogP contribution in [-0.2, 0) is 0 Å². The summed E-state index contributed by atoms with van der Waals surface area (Å²) in [5.74, 6) is -0.109. The van der Waals surface area contributed by atoms with E-state index in [4.69, 9.17) is 11.6 Å². The van der Waals surface area contributed by atoms with Gasteiger partial charge in [0, 0.05) is 43.0 Å². The van der Waals surface area contributed by atoms with Crippen LogP contribution in [-0.4, -0.2) is 57.7 Å². The van der Waals surface area contributed by atoms with Crippen molar-refractivity contribution in [2.75, 3.05) is 37.3 Å². The largest absolute Gasteiger partial charge is 0.362 e. The summed E-state index contributed by atoms with van der Waals surface area (Å²) in [6.07, 6.45) is 3.53. The number of nitrogens with zero attached hydrogens (tertiary/aromatic N) is 5. The average molecular weight is 458 g/mol. The Balaban J connectivity index is 1.54. The molecule has 1 aliphatic heterocycles. The third-order valence-corrected chi connectivity index (χ3v) is 6.08. The molecular weight excluding hydrogens is 438 g/mol. The molecule has 0 N–H and O–H groups in total. The van der Waals surface area contributed by atoms with Gasteiger partial charge >= 0.3 is 0 Å². The average Bonchev–Trinajstić information content (AvgIpc) is 3.23. The fourth-order valence-corrected chi connectivity index (χ4v) is 4.39. The number of rotatable bonds is 5. The molecular formula is C21H20ClN5O3S. The van der Waals surface area contributed by atoms with Crippen molar-refractivity contribution < 1.29 is 9.72 Å². The van der Waals surface area contributed by atoms with Gasteiger partial charge < -0.3 is 9.80 Å². The Morgan fingerprint density at radius 2 is 1.84 bits per heavy atom. The molecule has 1 aliphatic rings. The summed E-state index contributed by atoms with van der Waals surface area (Å²) in [7, 11) is 0. The van der Waals surface area contributed by atoms with Gasteiger partial charge in [-0.2, -0.15) is 0 Å². The number of carbonyl (C=O) groups excluding carboxylic acids is 1. The minimum Gasteiger partial charge on any atom is -0.362 e. The molecule has 0 spiro atoms. The lowest BCUT2D eigenvalue weighted by Gasteiger charge is -2.35. The molecule has 2 heterocycles. The zero-order valence-corrected chi connectivity index (χ0v) is 18.3. The quantitative estimate of drug-likeness (QED) is 0.325. The van der Waals surface area contributed by atoms with Crippen LogP contribution < -0.4 is 4.90 Å². The number of aromatic nitrogens is 2. The molecule has 160 valence electrons. The minimum atomic E-state index is -0.429. The van der Waals surface area contributed by atoms with Crippen LogP contribution in [0.5, 0.6) is 0 Å². The predicted molar refractivity (Wildman–Crippen MR) is 122 cm³/mol. The number of anilines is 1. The fourth-order valence-electron chi connectivity index (χ4n) is 3.68. The number of imidazole rings is 1. The Morgan fingerprint density at radius 1 is 1.13 bits per heavy atom. The summed E-state index contributed by atoms with van der Waals surface area (Å²) in [6, 6.07) is 14.3. The van der Waals surface area contributed by atoms with Crippen LogP contribution in [0.3, 0.4) is 0 Å². The van der Waals surface area contributed by atoms with Gasteiger partial charge in [0.05, 0.1) is 11.1 Å². The van der Waals surface area contributed by atoms with Crippen LogP contribution in [0, 0.1) is 10.1 Å². The molecule has 4 rings (SSSR count). The van der Waals surface area contributed by atoms with Gasteiger partial charge in [0.1, 0.15) is 11.4 Å². The SMILES string of the molecule is CSc1ncc(C(=O)N2CCN(c3ccc(Cl)cc3[N+](=O)[O-])CC2)n1-c1ccccc1. The van der Waals surface area contributed by atoms with Gasteiger partial charge in [-0.05, 0) is 30.5 Å². The van der Waals surface area contributed by atoms with Crippen LogP contribution in [0.4, 0.5) is 11.4 Å². The Kier molecular flexibility index (Phi) is 6.15. The van der Waals surface area contributed by atoms with Gasteiger partial charge in [0.2, 0.25) is 0 Å². The monoisotopic (exact) mass is 457 g/mol. The number of para-hydroxylation sites is 1. The third kappa shape index (κ3) is 4.24. The number of amides is 1. The van der Waals surface area contributed by atoms with Crippen LogP contribution >= 0.6 is 23.4 Å². The van der Waals surface area contributed by atoms with Gasteiger partial charge in [-0.3, -0.25) is 19.5 Å². The van der Waals surface area contributed by atoms with E-state index in [2.05, 4.69) is 4.98 Å². The maximum Gasteiger partial charge on any atom is 0.294 e. The number of halogens is 1. The third-order valence-electron chi connectivity index (χ3n) is 5.19. The highest BCUT2D eigenvalue weighted by molar-refractivity contribution is 7.98. The second-order valence-electron chi connectivity index (χ2n) is 6.97. The summed E-state index contributed by atoms with van der Waals surface area (Å²) in [5, 5.41) is 12.5. The maximum atomic E-state index is 13.3. The van der Waals surface area contributed by atoms with E-state index >= 15 is 0 Å². The molecule has 8 nitrogen and oxygen atoms in total. The summed E-state index contributed by atoms with van der Waals surface area (Å²) in [4.78, 5) is 32.4. The standard InChI is InChI=1S/C21H20ClN5O3S/c1-31-21-23-14-19(26(21)16-5-3-2-4-6-16)20(28)25-11-9-24(10-12-25)17-8-7-15(22)13-18(17)27(29)30/h2-8,13-14H,9-12H2,1H3. The van der Waals surface area contributed by atoms with E-state index in [0.717, 1.165) is 10.8 Å². The lowest BCUT2D eigenvalue weighted by atomic mass is 10.2. The molecule has 2 aromatic carbocycles. The Labute approximate surface area is 188 Å². The van der Waals surface area contributed by atoms with Gasteiger partial charge in [0.25, 0.3) is 11.6 Å². The van der Waals surface area contributed by atoms with Crippen molar-refractivity contribution in [2.24, 2.45) is 0 Å². The number of piperazine rings is 1. The van der Waals surface area contributed by atoms with E-state index in [1.54, 1.807) is 23.2 Å². The molecule has 0 bridgehead atoms. The first-order chi connectivity index (χ1) is 15.0. The first-order valence-electron chi connectivity index (χ1n) is 9.65. The van der Waals surface area contributed by atoms with E-state index in [0.29, 0.717) is 42.6 Å². The summed E-state index contributed by atoms with van der Waals surface area (Å²) in [5.41, 5.74) is 1.86. The predicted octanol–water partition coefficient (Wildman–Crippen LogP) is 4.12. The topological polar surface area (TPSA) is 84.5 Å². The highest BCUT2D eigenvalue weighted by atomic mass is 35.5. The fraction of sp³-hybridized carbons (Fsp3) is 0.238. The van der Waals surface area contributed by atoms with Crippen LogP contribution in [0.15, 0.2) is 59.9 Å². The minimum absolute atomic E-state index is 0.0287. The van der Waals surface area contributed by atoms with Crippen LogP contribution in [0.1, 0.15) is 10.5 Å². The van der Waals surface area contributed by atoms with E-state index in [-0.39, 0.29) is 11.6 Å².